The number of alkyl halides is 2. The summed E-state index contributed by atoms with van der Waals surface area (Å²) in [4.78, 5) is 18.8. The summed E-state index contributed by atoms with van der Waals surface area (Å²) in [5.74, 6) is -3.50. The molecule has 0 unspecified atom stereocenters. The number of nitrogens with zero attached hydrogens (tertiary/aromatic N) is 2. The van der Waals surface area contributed by atoms with Gasteiger partial charge in [-0.15, -0.1) is 0 Å². The van der Waals surface area contributed by atoms with Crippen LogP contribution in [0.5, 0.6) is 0 Å². The fraction of sp³-hybridized carbons (Fsp3) is 0.444. The van der Waals surface area contributed by atoms with Crippen LogP contribution in [0.2, 0.25) is 0 Å². The lowest BCUT2D eigenvalue weighted by atomic mass is 9.77. The van der Waals surface area contributed by atoms with E-state index in [-0.39, 0.29) is 18.6 Å². The highest BCUT2D eigenvalue weighted by Gasteiger charge is 2.48. The van der Waals surface area contributed by atoms with Gasteiger partial charge in [-0.25, -0.2) is 18.7 Å². The second-order valence-corrected chi connectivity index (χ2v) is 3.45. The zero-order chi connectivity index (χ0) is 10.2. The van der Waals surface area contributed by atoms with Crippen LogP contribution in [-0.2, 0) is 0 Å². The number of carbonyl (C=O) groups excluding carboxylic acids is 1. The highest BCUT2D eigenvalue weighted by molar-refractivity contribution is 5.97. The maximum Gasteiger partial charge on any atom is 0.249 e. The molecule has 0 atom stereocenters. The quantitative estimate of drug-likeness (QED) is 0.679. The molecule has 1 aliphatic carbocycles. The minimum atomic E-state index is -2.66. The van der Waals surface area contributed by atoms with Gasteiger partial charge in [0.1, 0.15) is 6.33 Å². The summed E-state index contributed by atoms with van der Waals surface area (Å²) >= 11 is 0. The van der Waals surface area contributed by atoms with Gasteiger partial charge in [-0.05, 0) is 0 Å². The van der Waals surface area contributed by atoms with Gasteiger partial charge in [0.15, 0.2) is 5.78 Å². The van der Waals surface area contributed by atoms with Crippen LogP contribution in [0.3, 0.4) is 0 Å². The smallest absolute Gasteiger partial charge is 0.249 e. The molecule has 3 nitrogen and oxygen atoms in total. The molecule has 1 fully saturated rings. The van der Waals surface area contributed by atoms with E-state index >= 15 is 0 Å². The van der Waals surface area contributed by atoms with Crippen molar-refractivity contribution in [3.05, 3.63) is 24.3 Å². The molecule has 1 aromatic rings. The molecule has 74 valence electrons. The molecule has 0 saturated heterocycles. The van der Waals surface area contributed by atoms with Gasteiger partial charge >= 0.3 is 0 Å². The molecule has 0 bridgehead atoms. The van der Waals surface area contributed by atoms with Crippen molar-refractivity contribution in [3.8, 4) is 0 Å². The highest BCUT2D eigenvalue weighted by Crippen LogP contribution is 2.43. The van der Waals surface area contributed by atoms with E-state index in [9.17, 15) is 13.6 Å². The van der Waals surface area contributed by atoms with Gasteiger partial charge in [0.2, 0.25) is 5.92 Å². The Morgan fingerprint density at radius 3 is 2.43 bits per heavy atom. The van der Waals surface area contributed by atoms with Crippen LogP contribution in [-0.4, -0.2) is 21.7 Å². The zero-order valence-electron chi connectivity index (χ0n) is 7.28. The van der Waals surface area contributed by atoms with Crippen molar-refractivity contribution >= 4 is 5.78 Å². The Morgan fingerprint density at radius 2 is 1.93 bits per heavy atom. The van der Waals surface area contributed by atoms with E-state index in [0.717, 1.165) is 0 Å². The number of hydrogen-bond acceptors (Lipinski definition) is 3. The third-order valence-corrected chi connectivity index (χ3v) is 2.31. The molecule has 1 aromatic heterocycles. The monoisotopic (exact) mass is 198 g/mol. The molecule has 0 spiro atoms. The fourth-order valence-electron chi connectivity index (χ4n) is 1.51. The lowest BCUT2D eigenvalue weighted by Gasteiger charge is -2.33. The molecule has 0 N–H and O–H groups in total. The molecule has 1 saturated carbocycles. The maximum absolute atomic E-state index is 12.5. The van der Waals surface area contributed by atoms with Crippen LogP contribution in [0.4, 0.5) is 8.78 Å². The van der Waals surface area contributed by atoms with Gasteiger partial charge in [-0.2, -0.15) is 0 Å². The van der Waals surface area contributed by atoms with Gasteiger partial charge in [0, 0.05) is 31.2 Å². The summed E-state index contributed by atoms with van der Waals surface area (Å²) in [6.45, 7) is 0. The van der Waals surface area contributed by atoms with E-state index in [2.05, 4.69) is 9.97 Å². The van der Waals surface area contributed by atoms with Crippen molar-refractivity contribution in [2.75, 3.05) is 0 Å². The van der Waals surface area contributed by atoms with Crippen LogP contribution in [0.1, 0.15) is 23.2 Å². The van der Waals surface area contributed by atoms with Crippen LogP contribution < -0.4 is 0 Å². The van der Waals surface area contributed by atoms with E-state index in [0.29, 0.717) is 5.56 Å². The Hall–Kier alpha value is -1.39. The van der Waals surface area contributed by atoms with E-state index in [4.69, 9.17) is 0 Å². The average Bonchev–Trinajstić information content (AvgIpc) is 2.14. The molecule has 0 aliphatic heterocycles. The first kappa shape index (κ1) is 9.18. The van der Waals surface area contributed by atoms with Crippen molar-refractivity contribution < 1.29 is 13.6 Å². The van der Waals surface area contributed by atoms with Gasteiger partial charge in [0.05, 0.1) is 5.56 Å². The number of aromatic nitrogens is 2. The number of carbonyl (C=O) groups is 1. The topological polar surface area (TPSA) is 42.9 Å². The second kappa shape index (κ2) is 3.08. The Labute approximate surface area is 79.2 Å². The Balaban J connectivity index is 2.05. The normalized spacial score (nSPS) is 20.1. The van der Waals surface area contributed by atoms with Crippen LogP contribution in [0, 0.1) is 5.92 Å². The standard InChI is InChI=1S/C9H8F2N2O/c10-9(11)1-6(2-9)8(14)7-3-12-5-13-4-7/h3-6H,1-2H2. The second-order valence-electron chi connectivity index (χ2n) is 3.45. The molecule has 14 heavy (non-hydrogen) atoms. The Kier molecular flexibility index (Phi) is 2.02. The largest absolute Gasteiger partial charge is 0.294 e. The van der Waals surface area contributed by atoms with Crippen molar-refractivity contribution in [1.29, 1.82) is 0 Å². The van der Waals surface area contributed by atoms with E-state index < -0.39 is 11.8 Å². The predicted octanol–water partition coefficient (Wildman–Crippen LogP) is 1.70. The summed E-state index contributed by atoms with van der Waals surface area (Å²) < 4.78 is 25.0. The van der Waals surface area contributed by atoms with Crippen LogP contribution in [0.15, 0.2) is 18.7 Å². The summed E-state index contributed by atoms with van der Waals surface area (Å²) in [6.07, 6.45) is 3.31. The Bertz CT molecular complexity index is 345. The van der Waals surface area contributed by atoms with Crippen molar-refractivity contribution in [2.24, 2.45) is 5.92 Å². The number of halogens is 2. The number of Topliss-reactive ketones (excluding diaryl/α,β-unsaturated/α-hetero) is 1. The average molecular weight is 198 g/mol. The Morgan fingerprint density at radius 1 is 1.36 bits per heavy atom. The zero-order valence-corrected chi connectivity index (χ0v) is 7.28. The van der Waals surface area contributed by atoms with Crippen molar-refractivity contribution in [1.82, 2.24) is 9.97 Å². The summed E-state index contributed by atoms with van der Waals surface area (Å²) in [5, 5.41) is 0. The molecule has 5 heteroatoms. The maximum atomic E-state index is 12.5. The minimum Gasteiger partial charge on any atom is -0.294 e. The van der Waals surface area contributed by atoms with Crippen LogP contribution >= 0.6 is 0 Å². The van der Waals surface area contributed by atoms with Crippen LogP contribution in [0.25, 0.3) is 0 Å². The minimum absolute atomic E-state index is 0.281. The first-order valence-electron chi connectivity index (χ1n) is 4.25. The molecule has 0 radical (unpaired) electrons. The predicted molar refractivity (Wildman–Crippen MR) is 44.0 cm³/mol. The van der Waals surface area contributed by atoms with Gasteiger partial charge < -0.3 is 0 Å². The van der Waals surface area contributed by atoms with E-state index in [1.54, 1.807) is 0 Å². The van der Waals surface area contributed by atoms with Gasteiger partial charge in [0.25, 0.3) is 0 Å². The summed E-state index contributed by atoms with van der Waals surface area (Å²) in [5.41, 5.74) is 0.313. The fourth-order valence-corrected chi connectivity index (χ4v) is 1.51. The summed E-state index contributed by atoms with van der Waals surface area (Å²) in [6, 6.07) is 0. The molecular formula is C9H8F2N2O. The highest BCUT2D eigenvalue weighted by atomic mass is 19.3. The lowest BCUT2D eigenvalue weighted by molar-refractivity contribution is -0.0982. The third kappa shape index (κ3) is 1.62. The van der Waals surface area contributed by atoms with E-state index in [1.165, 1.54) is 18.7 Å². The van der Waals surface area contributed by atoms with Gasteiger partial charge in [-0.3, -0.25) is 4.79 Å². The van der Waals surface area contributed by atoms with Gasteiger partial charge in [-0.1, -0.05) is 0 Å². The molecule has 2 rings (SSSR count). The third-order valence-electron chi connectivity index (χ3n) is 2.31. The molecule has 0 aromatic carbocycles. The first-order valence-corrected chi connectivity index (χ1v) is 4.25. The number of hydrogen-bond donors (Lipinski definition) is 0. The van der Waals surface area contributed by atoms with Crippen molar-refractivity contribution in [3.63, 3.8) is 0 Å². The van der Waals surface area contributed by atoms with Crippen molar-refractivity contribution in [2.45, 2.75) is 18.8 Å². The van der Waals surface area contributed by atoms with E-state index in [1.807, 2.05) is 0 Å². The first-order chi connectivity index (χ1) is 6.58. The number of ketones is 1. The molecule has 0 amide bonds. The molecule has 1 aliphatic rings. The SMILES string of the molecule is O=C(c1cncnc1)C1CC(F)(F)C1. The summed E-state index contributed by atoms with van der Waals surface area (Å²) in [7, 11) is 0. The lowest BCUT2D eigenvalue weighted by Crippen LogP contribution is -2.40. The molecule has 1 heterocycles. The molecular weight excluding hydrogens is 190 g/mol. The number of rotatable bonds is 2.